The zero-order valence-corrected chi connectivity index (χ0v) is 6.26. The molecule has 59 valence electrons. The van der Waals surface area contributed by atoms with Gasteiger partial charge in [-0.25, -0.2) is 0 Å². The average molecular weight is 145 g/mol. The fourth-order valence-corrected chi connectivity index (χ4v) is 0.521. The maximum Gasteiger partial charge on any atom is 0.200 e. The van der Waals surface area contributed by atoms with E-state index in [2.05, 4.69) is 0 Å². The van der Waals surface area contributed by atoms with Crippen LogP contribution in [0.5, 0.6) is 0 Å². The van der Waals surface area contributed by atoms with Crippen LogP contribution in [0.4, 0.5) is 0 Å². The molecule has 3 nitrogen and oxygen atoms in total. The number of ether oxygens (including phenoxy) is 2. The molecule has 0 N–H and O–H groups in total. The third kappa shape index (κ3) is 7.59. The normalized spacial score (nSPS) is 9.70. The highest BCUT2D eigenvalue weighted by Crippen LogP contribution is 1.84. The third-order valence-corrected chi connectivity index (χ3v) is 0.986. The van der Waals surface area contributed by atoms with Crippen LogP contribution in [0.1, 0.15) is 12.8 Å². The molecule has 0 aromatic heterocycles. The van der Waals surface area contributed by atoms with E-state index in [-0.39, 0.29) is 0 Å². The van der Waals surface area contributed by atoms with Gasteiger partial charge in [-0.05, 0) is 6.42 Å². The fraction of sp³-hybridized carbons (Fsp3) is 0.857. The Balaban J connectivity index is 2.70. The number of carbonyl (C=O) groups excluding carboxylic acids is 1. The SMILES string of the molecule is COCCCOCC[C]=O. The molecular formula is C7H13O3. The Morgan fingerprint density at radius 3 is 2.70 bits per heavy atom. The summed E-state index contributed by atoms with van der Waals surface area (Å²) in [5, 5.41) is 0. The average Bonchev–Trinajstić information content (AvgIpc) is 1.97. The van der Waals surface area contributed by atoms with Crippen molar-refractivity contribution in [2.24, 2.45) is 0 Å². The maximum atomic E-state index is 9.66. The molecule has 3 heteroatoms. The molecule has 0 unspecified atom stereocenters. The van der Waals surface area contributed by atoms with Gasteiger partial charge in [-0.1, -0.05) is 0 Å². The van der Waals surface area contributed by atoms with Gasteiger partial charge in [0.15, 0.2) is 0 Å². The van der Waals surface area contributed by atoms with Gasteiger partial charge in [0, 0.05) is 26.7 Å². The van der Waals surface area contributed by atoms with E-state index in [0.717, 1.165) is 6.42 Å². The van der Waals surface area contributed by atoms with Crippen molar-refractivity contribution in [3.8, 4) is 0 Å². The van der Waals surface area contributed by atoms with Crippen LogP contribution < -0.4 is 0 Å². The predicted octanol–water partition coefficient (Wildman–Crippen LogP) is 0.539. The summed E-state index contributed by atoms with van der Waals surface area (Å²) in [6.45, 7) is 1.85. The monoisotopic (exact) mass is 145 g/mol. The topological polar surface area (TPSA) is 35.5 Å². The van der Waals surface area contributed by atoms with Crippen molar-refractivity contribution in [3.05, 3.63) is 0 Å². The zero-order chi connectivity index (χ0) is 7.66. The van der Waals surface area contributed by atoms with E-state index in [1.54, 1.807) is 13.4 Å². The van der Waals surface area contributed by atoms with Gasteiger partial charge in [0.2, 0.25) is 6.29 Å². The minimum Gasteiger partial charge on any atom is -0.385 e. The highest BCUT2D eigenvalue weighted by molar-refractivity contribution is 5.50. The zero-order valence-electron chi connectivity index (χ0n) is 6.26. The summed E-state index contributed by atoms with van der Waals surface area (Å²) in [5.74, 6) is 0. The van der Waals surface area contributed by atoms with Crippen molar-refractivity contribution in [3.63, 3.8) is 0 Å². The first-order chi connectivity index (χ1) is 4.91. The van der Waals surface area contributed by atoms with E-state index < -0.39 is 0 Å². The van der Waals surface area contributed by atoms with Crippen LogP contribution in [-0.4, -0.2) is 33.2 Å². The molecule has 0 spiro atoms. The van der Waals surface area contributed by atoms with E-state index in [1.165, 1.54) is 0 Å². The summed E-state index contributed by atoms with van der Waals surface area (Å²) in [7, 11) is 1.65. The molecule has 0 aliphatic heterocycles. The first-order valence-electron chi connectivity index (χ1n) is 3.33. The number of rotatable bonds is 7. The lowest BCUT2D eigenvalue weighted by Gasteiger charge is -1.99. The standard InChI is InChI=1S/C7H13O3/c1-9-5-3-7-10-6-2-4-8/h2-3,5-7H2,1H3. The van der Waals surface area contributed by atoms with Gasteiger partial charge in [-0.15, -0.1) is 0 Å². The Morgan fingerprint density at radius 1 is 1.30 bits per heavy atom. The van der Waals surface area contributed by atoms with Crippen LogP contribution in [0.3, 0.4) is 0 Å². The number of methoxy groups -OCH3 is 1. The Labute approximate surface area is 61.3 Å². The lowest BCUT2D eigenvalue weighted by atomic mass is 10.5. The Morgan fingerprint density at radius 2 is 2.10 bits per heavy atom. The van der Waals surface area contributed by atoms with Gasteiger partial charge in [0.1, 0.15) is 0 Å². The van der Waals surface area contributed by atoms with Gasteiger partial charge in [-0.2, -0.15) is 0 Å². The maximum absolute atomic E-state index is 9.66. The molecule has 0 heterocycles. The third-order valence-electron chi connectivity index (χ3n) is 0.986. The molecule has 0 rings (SSSR count). The quantitative estimate of drug-likeness (QED) is 0.490. The van der Waals surface area contributed by atoms with E-state index >= 15 is 0 Å². The summed E-state index contributed by atoms with van der Waals surface area (Å²) in [6, 6.07) is 0. The van der Waals surface area contributed by atoms with Gasteiger partial charge in [-0.3, -0.25) is 4.79 Å². The van der Waals surface area contributed by atoms with Crippen molar-refractivity contribution in [2.75, 3.05) is 26.9 Å². The molecule has 0 aliphatic rings. The van der Waals surface area contributed by atoms with E-state index in [0.29, 0.717) is 26.2 Å². The molecule has 1 radical (unpaired) electrons. The van der Waals surface area contributed by atoms with Crippen LogP contribution in [0.2, 0.25) is 0 Å². The molecule has 0 amide bonds. The second kappa shape index (κ2) is 8.59. The van der Waals surface area contributed by atoms with E-state index in [4.69, 9.17) is 9.47 Å². The van der Waals surface area contributed by atoms with Crippen LogP contribution in [0.25, 0.3) is 0 Å². The Hall–Kier alpha value is -0.410. The molecule has 10 heavy (non-hydrogen) atoms. The van der Waals surface area contributed by atoms with Crippen molar-refractivity contribution >= 4 is 6.29 Å². The lowest BCUT2D eigenvalue weighted by Crippen LogP contribution is -2.00. The summed E-state index contributed by atoms with van der Waals surface area (Å²) in [6.07, 6.45) is 3.00. The fourth-order valence-electron chi connectivity index (χ4n) is 0.521. The highest BCUT2D eigenvalue weighted by Gasteiger charge is 1.87. The second-order valence-electron chi connectivity index (χ2n) is 1.85. The molecule has 0 bridgehead atoms. The van der Waals surface area contributed by atoms with Gasteiger partial charge >= 0.3 is 0 Å². The number of hydrogen-bond acceptors (Lipinski definition) is 3. The summed E-state index contributed by atoms with van der Waals surface area (Å²) in [5.41, 5.74) is 0. The molecule has 0 fully saturated rings. The van der Waals surface area contributed by atoms with Crippen LogP contribution in [0.15, 0.2) is 0 Å². The minimum absolute atomic E-state index is 0.368. The first kappa shape index (κ1) is 9.59. The molecule has 0 aromatic rings. The summed E-state index contributed by atoms with van der Waals surface area (Å²) >= 11 is 0. The number of hydrogen-bond donors (Lipinski definition) is 0. The molecule has 0 aromatic carbocycles. The van der Waals surface area contributed by atoms with Crippen molar-refractivity contribution in [1.82, 2.24) is 0 Å². The van der Waals surface area contributed by atoms with E-state index in [9.17, 15) is 4.79 Å². The van der Waals surface area contributed by atoms with Crippen LogP contribution >= 0.6 is 0 Å². The van der Waals surface area contributed by atoms with Gasteiger partial charge < -0.3 is 9.47 Å². The van der Waals surface area contributed by atoms with Crippen molar-refractivity contribution in [1.29, 1.82) is 0 Å². The molecule has 0 atom stereocenters. The Bertz CT molecular complexity index is 73.3. The lowest BCUT2D eigenvalue weighted by molar-refractivity contribution is 0.107. The highest BCUT2D eigenvalue weighted by atomic mass is 16.5. The van der Waals surface area contributed by atoms with Gasteiger partial charge in [0.05, 0.1) is 6.61 Å². The largest absolute Gasteiger partial charge is 0.385 e. The van der Waals surface area contributed by atoms with Crippen LogP contribution in [-0.2, 0) is 14.3 Å². The van der Waals surface area contributed by atoms with Crippen molar-refractivity contribution < 1.29 is 14.3 Å². The van der Waals surface area contributed by atoms with Crippen LogP contribution in [0, 0.1) is 0 Å². The first-order valence-corrected chi connectivity index (χ1v) is 3.33. The summed E-state index contributed by atoms with van der Waals surface area (Å²) < 4.78 is 9.82. The summed E-state index contributed by atoms with van der Waals surface area (Å²) in [4.78, 5) is 9.66. The molecule has 0 saturated carbocycles. The predicted molar refractivity (Wildman–Crippen MR) is 37.6 cm³/mol. The molecule has 0 saturated heterocycles. The smallest absolute Gasteiger partial charge is 0.200 e. The van der Waals surface area contributed by atoms with Gasteiger partial charge in [0.25, 0.3) is 0 Å². The van der Waals surface area contributed by atoms with E-state index in [1.807, 2.05) is 0 Å². The molecule has 0 aliphatic carbocycles. The minimum atomic E-state index is 0.368. The van der Waals surface area contributed by atoms with Crippen molar-refractivity contribution in [2.45, 2.75) is 12.8 Å². The molecular weight excluding hydrogens is 132 g/mol. The second-order valence-corrected chi connectivity index (χ2v) is 1.85. The Kier molecular flexibility index (Phi) is 8.24.